The van der Waals surface area contributed by atoms with Gasteiger partial charge in [0.25, 0.3) is 0 Å². The maximum atomic E-state index is 12.8. The van der Waals surface area contributed by atoms with Gasteiger partial charge in [-0.1, -0.05) is 76.0 Å². The molecule has 286 valence electrons. The SMILES string of the molecule is CC(C)(C)OC(=O)N[C@@H]1CC(N=[N+]=[N-])C(O[C@H]2OC(CN=[N+]=[N-])[C@@H](OCc3ccccc3)[C@H](OCc3ccccc3)C2N=[N+]=[N-])[C@H](O)C1OCCCO. The van der Waals surface area contributed by atoms with Gasteiger partial charge >= 0.3 is 6.09 Å². The van der Waals surface area contributed by atoms with Gasteiger partial charge in [-0.2, -0.15) is 0 Å². The van der Waals surface area contributed by atoms with Crippen molar-refractivity contribution in [2.75, 3.05) is 19.8 Å². The maximum Gasteiger partial charge on any atom is 0.407 e. The van der Waals surface area contributed by atoms with Crippen LogP contribution in [0.2, 0.25) is 0 Å². The molecule has 1 saturated heterocycles. The molecule has 1 aliphatic carbocycles. The summed E-state index contributed by atoms with van der Waals surface area (Å²) in [6.45, 7) is 4.85. The molecule has 19 nitrogen and oxygen atoms in total. The lowest BCUT2D eigenvalue weighted by Gasteiger charge is -2.48. The number of nitrogens with zero attached hydrogens (tertiary/aromatic N) is 9. The minimum Gasteiger partial charge on any atom is -0.444 e. The summed E-state index contributed by atoms with van der Waals surface area (Å²) in [7, 11) is 0. The van der Waals surface area contributed by atoms with E-state index in [1.165, 1.54) is 0 Å². The van der Waals surface area contributed by atoms with Crippen molar-refractivity contribution in [2.24, 2.45) is 15.3 Å². The van der Waals surface area contributed by atoms with Crippen LogP contribution in [-0.2, 0) is 41.6 Å². The number of azide groups is 3. The van der Waals surface area contributed by atoms with Crippen molar-refractivity contribution >= 4 is 6.09 Å². The number of carbonyl (C=O) groups is 1. The smallest absolute Gasteiger partial charge is 0.407 e. The fraction of sp³-hybridized carbons (Fsp3) is 0.618. The second-order valence-electron chi connectivity index (χ2n) is 13.4. The molecular formula is C34H46N10O9. The van der Waals surface area contributed by atoms with E-state index in [2.05, 4.69) is 35.4 Å². The van der Waals surface area contributed by atoms with Crippen LogP contribution in [-0.4, -0.2) is 103 Å². The Hall–Kier alpha value is -4.64. The lowest BCUT2D eigenvalue weighted by Crippen LogP contribution is -2.65. The molecular weight excluding hydrogens is 692 g/mol. The van der Waals surface area contributed by atoms with E-state index in [1.807, 2.05) is 60.7 Å². The van der Waals surface area contributed by atoms with Gasteiger partial charge in [0.05, 0.1) is 44.1 Å². The Balaban J connectivity index is 1.69. The third-order valence-electron chi connectivity index (χ3n) is 8.45. The molecule has 1 amide bonds. The van der Waals surface area contributed by atoms with Gasteiger partial charge in [0.15, 0.2) is 6.29 Å². The van der Waals surface area contributed by atoms with Gasteiger partial charge in [-0.05, 0) is 61.3 Å². The number of hydrogen-bond acceptors (Lipinski definition) is 12. The highest BCUT2D eigenvalue weighted by Gasteiger charge is 2.52. The molecule has 4 rings (SSSR count). The Morgan fingerprint density at radius 3 is 2.08 bits per heavy atom. The van der Waals surface area contributed by atoms with Crippen LogP contribution in [0.5, 0.6) is 0 Å². The molecule has 0 bridgehead atoms. The molecule has 3 N–H and O–H groups in total. The van der Waals surface area contributed by atoms with Crippen molar-refractivity contribution in [3.8, 4) is 0 Å². The van der Waals surface area contributed by atoms with Gasteiger partial charge in [0, 0.05) is 27.9 Å². The average molecular weight is 739 g/mol. The van der Waals surface area contributed by atoms with Crippen molar-refractivity contribution in [2.45, 2.75) is 113 Å². The van der Waals surface area contributed by atoms with Crippen LogP contribution >= 0.6 is 0 Å². The van der Waals surface area contributed by atoms with Gasteiger partial charge in [0.2, 0.25) is 0 Å². The van der Waals surface area contributed by atoms with Crippen molar-refractivity contribution in [1.82, 2.24) is 5.32 Å². The van der Waals surface area contributed by atoms with E-state index in [0.717, 1.165) is 11.1 Å². The fourth-order valence-corrected chi connectivity index (χ4v) is 6.16. The van der Waals surface area contributed by atoms with Crippen LogP contribution in [0.1, 0.15) is 44.7 Å². The molecule has 10 atom stereocenters. The van der Waals surface area contributed by atoms with Crippen LogP contribution < -0.4 is 5.32 Å². The Kier molecular flexibility index (Phi) is 16.0. The third kappa shape index (κ3) is 12.2. The minimum atomic E-state index is -1.56. The second kappa shape index (κ2) is 20.6. The number of hydrogen-bond donors (Lipinski definition) is 3. The van der Waals surface area contributed by atoms with Gasteiger partial charge in [-0.15, -0.1) is 0 Å². The lowest BCUT2D eigenvalue weighted by molar-refractivity contribution is -0.301. The van der Waals surface area contributed by atoms with E-state index in [1.54, 1.807) is 20.8 Å². The Morgan fingerprint density at radius 1 is 0.887 bits per heavy atom. The molecule has 0 radical (unpaired) electrons. The predicted octanol–water partition coefficient (Wildman–Crippen LogP) is 5.36. The van der Waals surface area contributed by atoms with E-state index in [0.29, 0.717) is 0 Å². The van der Waals surface area contributed by atoms with Gasteiger partial charge in [-0.25, -0.2) is 4.79 Å². The largest absolute Gasteiger partial charge is 0.444 e. The highest BCUT2D eigenvalue weighted by molar-refractivity contribution is 5.68. The van der Waals surface area contributed by atoms with E-state index < -0.39 is 72.7 Å². The number of ether oxygens (including phenoxy) is 6. The van der Waals surface area contributed by atoms with E-state index in [9.17, 15) is 31.6 Å². The van der Waals surface area contributed by atoms with Crippen LogP contribution in [0.3, 0.4) is 0 Å². The summed E-state index contributed by atoms with van der Waals surface area (Å²) in [5, 5.41) is 35.5. The number of aliphatic hydroxyl groups is 2. The number of benzene rings is 2. The molecule has 0 spiro atoms. The predicted molar refractivity (Wildman–Crippen MR) is 189 cm³/mol. The van der Waals surface area contributed by atoms with Gasteiger partial charge in [-0.3, -0.25) is 0 Å². The van der Waals surface area contributed by atoms with Crippen LogP contribution in [0.15, 0.2) is 76.0 Å². The summed E-state index contributed by atoms with van der Waals surface area (Å²) in [4.78, 5) is 21.7. The van der Waals surface area contributed by atoms with Crippen LogP contribution in [0.4, 0.5) is 4.79 Å². The second-order valence-corrected chi connectivity index (χ2v) is 13.4. The average Bonchev–Trinajstić information content (AvgIpc) is 3.13. The van der Waals surface area contributed by atoms with Crippen LogP contribution in [0.25, 0.3) is 31.3 Å². The number of alkyl carbamates (subject to hydrolysis) is 1. The number of rotatable bonds is 17. The van der Waals surface area contributed by atoms with Crippen molar-refractivity contribution in [1.29, 1.82) is 0 Å². The molecule has 53 heavy (non-hydrogen) atoms. The number of aliphatic hydroxyl groups excluding tert-OH is 2. The third-order valence-corrected chi connectivity index (χ3v) is 8.45. The first-order valence-corrected chi connectivity index (χ1v) is 17.2. The highest BCUT2D eigenvalue weighted by Crippen LogP contribution is 2.35. The standard InChI is InChI=1S/C34H46N10O9/c1-34(2,3)53-33(47)39-23-17-24(40-43-36)29(27(46)28(23)48-16-10-15-45)52-32-26(41-44-37)31(50-20-22-13-8-5-9-14-22)30(25(51-32)18-38-42-35)49-19-21-11-6-4-7-12-21/h4-9,11-14,23-32,45-46H,10,15-20H2,1-3H3,(H,39,47)/t23-,24?,25?,26?,27-,28?,29?,30-,31-,32-/m1/s1. The molecule has 0 aromatic heterocycles. The van der Waals surface area contributed by atoms with E-state index in [-0.39, 0.29) is 45.8 Å². The van der Waals surface area contributed by atoms with Crippen molar-refractivity contribution < 1.29 is 43.4 Å². The summed E-state index contributed by atoms with van der Waals surface area (Å²) in [5.74, 6) is 0. The van der Waals surface area contributed by atoms with E-state index in [4.69, 9.17) is 28.4 Å². The summed E-state index contributed by atoms with van der Waals surface area (Å²) in [6, 6.07) is 15.3. The summed E-state index contributed by atoms with van der Waals surface area (Å²) in [5.41, 5.74) is 29.4. The first-order valence-electron chi connectivity index (χ1n) is 17.2. The molecule has 1 heterocycles. The Morgan fingerprint density at radius 2 is 1.51 bits per heavy atom. The molecule has 1 saturated carbocycles. The zero-order valence-electron chi connectivity index (χ0n) is 29.8. The summed E-state index contributed by atoms with van der Waals surface area (Å²) < 4.78 is 36.9. The lowest BCUT2D eigenvalue weighted by atomic mass is 9.83. The maximum absolute atomic E-state index is 12.8. The Labute approximate surface area is 306 Å². The van der Waals surface area contributed by atoms with Gasteiger partial charge in [0.1, 0.15) is 36.1 Å². The fourth-order valence-electron chi connectivity index (χ4n) is 6.16. The van der Waals surface area contributed by atoms with Crippen molar-refractivity contribution in [3.63, 3.8) is 0 Å². The summed E-state index contributed by atoms with van der Waals surface area (Å²) >= 11 is 0. The first-order chi connectivity index (χ1) is 25.6. The molecule has 2 aromatic rings. The topological polar surface area (TPSA) is 271 Å². The van der Waals surface area contributed by atoms with E-state index >= 15 is 0 Å². The molecule has 2 aromatic carbocycles. The normalized spacial score (nSPS) is 28.4. The van der Waals surface area contributed by atoms with Crippen LogP contribution in [0, 0.1) is 0 Å². The minimum absolute atomic E-state index is 0.00891. The zero-order valence-corrected chi connectivity index (χ0v) is 29.8. The molecule has 2 aliphatic rings. The zero-order chi connectivity index (χ0) is 38.2. The quantitative estimate of drug-likeness (QED) is 0.0814. The monoisotopic (exact) mass is 738 g/mol. The number of carbonyl (C=O) groups excluding carboxylic acids is 1. The molecule has 2 fully saturated rings. The highest BCUT2D eigenvalue weighted by atomic mass is 16.7. The number of nitrogens with one attached hydrogen (secondary N) is 1. The first kappa shape index (κ1) is 41.1. The van der Waals surface area contributed by atoms with Gasteiger partial charge < -0.3 is 44.0 Å². The molecule has 19 heteroatoms. The molecule has 5 unspecified atom stereocenters. The molecule has 1 aliphatic heterocycles. The Bertz CT molecular complexity index is 1580. The number of amides is 1. The van der Waals surface area contributed by atoms with Crippen molar-refractivity contribution in [3.05, 3.63) is 103 Å². The summed E-state index contributed by atoms with van der Waals surface area (Å²) in [6.07, 6.45) is -9.07.